The number of carbonyl (C=O) groups is 2. The maximum absolute atomic E-state index is 14.7. The van der Waals surface area contributed by atoms with Gasteiger partial charge in [-0.25, -0.2) is 4.99 Å². The van der Waals surface area contributed by atoms with Gasteiger partial charge in [-0.1, -0.05) is 53.6 Å². The van der Waals surface area contributed by atoms with E-state index in [2.05, 4.69) is 27.5 Å². The summed E-state index contributed by atoms with van der Waals surface area (Å²) in [5.41, 5.74) is 11.2. The third-order valence-electron chi connectivity index (χ3n) is 8.19. The van der Waals surface area contributed by atoms with Crippen molar-refractivity contribution >= 4 is 17.8 Å². The van der Waals surface area contributed by atoms with E-state index in [1.54, 1.807) is 45.0 Å². The lowest BCUT2D eigenvalue weighted by Gasteiger charge is -2.32. The van der Waals surface area contributed by atoms with Crippen molar-refractivity contribution in [1.82, 2.24) is 5.32 Å². The number of aliphatic hydroxyl groups excluding tert-OH is 1. The normalized spacial score (nSPS) is 18.8. The molecule has 0 saturated carbocycles. The molecular weight excluding hydrogens is 598 g/mol. The zero-order valence-electron chi connectivity index (χ0n) is 27.0. The fourth-order valence-corrected chi connectivity index (χ4v) is 6.05. The van der Waals surface area contributed by atoms with Gasteiger partial charge in [0.2, 0.25) is 5.90 Å². The van der Waals surface area contributed by atoms with E-state index < -0.39 is 23.2 Å². The molecule has 2 aliphatic rings. The van der Waals surface area contributed by atoms with Gasteiger partial charge < -0.3 is 24.6 Å². The van der Waals surface area contributed by atoms with Crippen LogP contribution in [0.25, 0.3) is 10.4 Å². The maximum Gasteiger partial charge on any atom is 0.306 e. The van der Waals surface area contributed by atoms with Gasteiger partial charge in [0.1, 0.15) is 11.4 Å². The van der Waals surface area contributed by atoms with Crippen LogP contribution < -0.4 is 10.1 Å². The van der Waals surface area contributed by atoms with Crippen molar-refractivity contribution in [3.63, 3.8) is 0 Å². The molecule has 0 radical (unpaired) electrons. The van der Waals surface area contributed by atoms with E-state index in [9.17, 15) is 9.59 Å². The molecule has 246 valence electrons. The van der Waals surface area contributed by atoms with Crippen LogP contribution in [0.4, 0.5) is 0 Å². The van der Waals surface area contributed by atoms with Gasteiger partial charge in [0.25, 0.3) is 5.91 Å². The van der Waals surface area contributed by atoms with Gasteiger partial charge in [0.05, 0.1) is 13.2 Å². The minimum atomic E-state index is -1.55. The number of hydrogen-bond donors (Lipinski definition) is 2. The first-order valence-corrected chi connectivity index (χ1v) is 15.9. The van der Waals surface area contributed by atoms with Crippen molar-refractivity contribution in [3.8, 4) is 5.75 Å². The number of carbonyl (C=O) groups excluding carboxylic acids is 2. The monoisotopic (exact) mass is 639 g/mol. The Bertz CT molecular complexity index is 1640. The number of nitrogens with one attached hydrogen (secondary N) is 1. The van der Waals surface area contributed by atoms with E-state index in [0.717, 1.165) is 0 Å². The highest BCUT2D eigenvalue weighted by Crippen LogP contribution is 2.45. The number of fused-ring (bicyclic) bond motifs is 1. The van der Waals surface area contributed by atoms with Gasteiger partial charge in [0.15, 0.2) is 11.6 Å². The Hall–Kier alpha value is -4.86. The van der Waals surface area contributed by atoms with Gasteiger partial charge >= 0.3 is 5.97 Å². The lowest BCUT2D eigenvalue weighted by molar-refractivity contribution is -0.155. The van der Waals surface area contributed by atoms with Crippen LogP contribution in [-0.4, -0.2) is 53.3 Å². The Morgan fingerprint density at radius 2 is 1.74 bits per heavy atom. The van der Waals surface area contributed by atoms with Gasteiger partial charge in [-0.3, -0.25) is 9.59 Å². The molecule has 0 aromatic heterocycles. The average molecular weight is 640 g/mol. The Labute approximate surface area is 274 Å². The molecule has 1 amide bonds. The Balaban J connectivity index is 1.55. The van der Waals surface area contributed by atoms with Crippen LogP contribution in [0, 0.1) is 0 Å². The number of aliphatic hydroxyl groups is 1. The lowest BCUT2D eigenvalue weighted by atomic mass is 9.81. The number of rotatable bonds is 13. The standard InChI is InChI=1S/C36H41N5O6/c1-35(2,3)47-31(43)17-18-36(34(44)39-28-21-25-9-4-5-10-26(25)22-28)32(30-12-7-6-11-27(30)23-38-41-37)46-33(40-36)24-13-15-29(16-14-24)45-20-8-19-42/h4-7,9-16,28,32,42H,8,17-23H2,1-3H3,(H,39,44)/t32-,36-/m1/s1. The summed E-state index contributed by atoms with van der Waals surface area (Å²) in [5, 5.41) is 16.1. The summed E-state index contributed by atoms with van der Waals surface area (Å²) in [6.07, 6.45) is 0.863. The molecule has 0 bridgehead atoms. The summed E-state index contributed by atoms with van der Waals surface area (Å²) in [6, 6.07) is 22.4. The zero-order chi connectivity index (χ0) is 33.4. The summed E-state index contributed by atoms with van der Waals surface area (Å²) in [6.45, 7) is 5.84. The SMILES string of the molecule is CC(C)(C)OC(=O)CC[C@@]1(C(=O)NC2Cc3ccccc3C2)N=C(c2ccc(OCCCO)cc2)O[C@@H]1c1ccccc1CN=[N+]=[N-]. The van der Waals surface area contributed by atoms with E-state index in [0.29, 0.717) is 48.3 Å². The molecule has 0 spiro atoms. The second kappa shape index (κ2) is 14.7. The number of ether oxygens (including phenoxy) is 3. The van der Waals surface area contributed by atoms with Crippen LogP contribution in [0.15, 0.2) is 82.9 Å². The van der Waals surface area contributed by atoms with Crippen LogP contribution in [-0.2, 0) is 38.4 Å². The van der Waals surface area contributed by atoms with Crippen LogP contribution >= 0.6 is 0 Å². The second-order valence-corrected chi connectivity index (χ2v) is 12.8. The quantitative estimate of drug-likeness (QED) is 0.0778. The molecular formula is C36H41N5O6. The second-order valence-electron chi connectivity index (χ2n) is 12.8. The molecule has 0 unspecified atom stereocenters. The molecule has 1 aliphatic carbocycles. The van der Waals surface area contributed by atoms with Crippen LogP contribution in [0.1, 0.15) is 74.0 Å². The van der Waals surface area contributed by atoms with E-state index in [1.807, 2.05) is 36.4 Å². The molecule has 0 fully saturated rings. The van der Waals surface area contributed by atoms with E-state index in [-0.39, 0.29) is 43.8 Å². The van der Waals surface area contributed by atoms with Gasteiger partial charge in [-0.2, -0.15) is 0 Å². The smallest absolute Gasteiger partial charge is 0.306 e. The average Bonchev–Trinajstić information content (AvgIpc) is 3.64. The minimum absolute atomic E-state index is 0.0137. The van der Waals surface area contributed by atoms with Crippen LogP contribution in [0.3, 0.4) is 0 Å². The van der Waals surface area contributed by atoms with Crippen LogP contribution in [0.2, 0.25) is 0 Å². The largest absolute Gasteiger partial charge is 0.494 e. The molecule has 3 aromatic rings. The molecule has 3 aromatic carbocycles. The van der Waals surface area contributed by atoms with Crippen molar-refractivity contribution in [2.24, 2.45) is 10.1 Å². The number of aliphatic imine (C=N–C) groups is 1. The highest BCUT2D eigenvalue weighted by Gasteiger charge is 2.54. The van der Waals surface area contributed by atoms with E-state index >= 15 is 0 Å². The summed E-state index contributed by atoms with van der Waals surface area (Å²) < 4.78 is 18.0. The first-order chi connectivity index (χ1) is 22.6. The Kier molecular flexibility index (Phi) is 10.5. The topological polar surface area (TPSA) is 155 Å². The summed E-state index contributed by atoms with van der Waals surface area (Å²) in [5.74, 6) is 0.0461. The number of amides is 1. The van der Waals surface area contributed by atoms with Gasteiger partial charge in [0, 0.05) is 36.0 Å². The maximum atomic E-state index is 14.7. The summed E-state index contributed by atoms with van der Waals surface area (Å²) >= 11 is 0. The third-order valence-corrected chi connectivity index (χ3v) is 8.19. The fourth-order valence-electron chi connectivity index (χ4n) is 6.05. The van der Waals surface area contributed by atoms with Crippen molar-refractivity contribution in [1.29, 1.82) is 0 Å². The number of benzene rings is 3. The van der Waals surface area contributed by atoms with Crippen molar-refractivity contribution in [2.45, 2.75) is 82.7 Å². The van der Waals surface area contributed by atoms with Gasteiger partial charge in [-0.05, 0) is 92.1 Å². The fraction of sp³-hybridized carbons (Fsp3) is 0.417. The molecule has 2 atom stereocenters. The number of azide groups is 1. The van der Waals surface area contributed by atoms with Crippen molar-refractivity contribution in [2.75, 3.05) is 13.2 Å². The molecule has 1 heterocycles. The molecule has 5 rings (SSSR count). The summed E-state index contributed by atoms with van der Waals surface area (Å²) in [7, 11) is 0. The molecule has 47 heavy (non-hydrogen) atoms. The number of hydrogen-bond acceptors (Lipinski definition) is 8. The molecule has 2 N–H and O–H groups in total. The molecule has 1 aliphatic heterocycles. The zero-order valence-corrected chi connectivity index (χ0v) is 27.0. The van der Waals surface area contributed by atoms with Gasteiger partial charge in [-0.15, -0.1) is 0 Å². The number of esters is 1. The van der Waals surface area contributed by atoms with Crippen molar-refractivity contribution in [3.05, 3.63) is 111 Å². The van der Waals surface area contributed by atoms with Crippen molar-refractivity contribution < 1.29 is 28.9 Å². The highest BCUT2D eigenvalue weighted by atomic mass is 16.6. The first-order valence-electron chi connectivity index (χ1n) is 15.9. The first kappa shape index (κ1) is 33.5. The van der Waals surface area contributed by atoms with E-state index in [1.165, 1.54) is 11.1 Å². The third kappa shape index (κ3) is 8.11. The minimum Gasteiger partial charge on any atom is -0.494 e. The predicted molar refractivity (Wildman–Crippen MR) is 177 cm³/mol. The van der Waals surface area contributed by atoms with Crippen LogP contribution in [0.5, 0.6) is 5.75 Å². The number of nitrogens with zero attached hydrogens (tertiary/aromatic N) is 4. The van der Waals surface area contributed by atoms with E-state index in [4.69, 9.17) is 29.8 Å². The lowest BCUT2D eigenvalue weighted by Crippen LogP contribution is -2.52. The predicted octanol–water partition coefficient (Wildman–Crippen LogP) is 5.92. The molecule has 0 saturated heterocycles. The highest BCUT2D eigenvalue weighted by molar-refractivity contribution is 6.01. The summed E-state index contributed by atoms with van der Waals surface area (Å²) in [4.78, 5) is 35.7. The Morgan fingerprint density at radius 3 is 2.40 bits per heavy atom. The molecule has 11 nitrogen and oxygen atoms in total. The Morgan fingerprint density at radius 1 is 1.06 bits per heavy atom. The molecule has 11 heteroatoms.